The van der Waals surface area contributed by atoms with Crippen molar-refractivity contribution in [1.29, 1.82) is 0 Å². The minimum atomic E-state index is -1.94. The maximum atomic E-state index is 12.3. The molecule has 0 saturated heterocycles. The lowest BCUT2D eigenvalue weighted by Crippen LogP contribution is -2.45. The second-order valence-corrected chi connectivity index (χ2v) is 11.1. The van der Waals surface area contributed by atoms with Crippen molar-refractivity contribution in [2.24, 2.45) is 5.73 Å². The highest BCUT2D eigenvalue weighted by molar-refractivity contribution is 7.79. The first-order valence-corrected chi connectivity index (χ1v) is 16.5. The van der Waals surface area contributed by atoms with Gasteiger partial charge in [-0.3, -0.25) is 24.0 Å². The Hall–Kier alpha value is -3.80. The number of primary amides is 1. The van der Waals surface area contributed by atoms with E-state index < -0.39 is 65.3 Å². The van der Waals surface area contributed by atoms with Crippen LogP contribution in [-0.2, 0) is 63.6 Å². The number of carbonyl (C=O) groups excluding carboxylic acids is 5. The van der Waals surface area contributed by atoms with Gasteiger partial charge in [0.25, 0.3) is 0 Å². The number of carbonyl (C=O) groups is 7. The Balaban J connectivity index is 4.08. The summed E-state index contributed by atoms with van der Waals surface area (Å²) in [4.78, 5) is 80.9. The number of nitrogens with two attached hydrogens (primary N) is 1. The minimum absolute atomic E-state index is 0.000310. The second-order valence-electron chi connectivity index (χ2n) is 10.0. The van der Waals surface area contributed by atoms with Gasteiger partial charge in [0.05, 0.1) is 46.2 Å². The smallest absolute Gasteiger partial charge is 0.326 e. The molecule has 3 atom stereocenters. The number of amides is 5. The number of hydrogen-bond acceptors (Lipinski definition) is 13. The normalized spacial score (nSPS) is 12.7. The van der Waals surface area contributed by atoms with Gasteiger partial charge in [0, 0.05) is 31.7 Å². The third-order valence-corrected chi connectivity index (χ3v) is 6.56. The molecule has 0 fully saturated rings. The average molecular weight is 729 g/mol. The molecule has 10 N–H and O–H groups in total. The van der Waals surface area contributed by atoms with Gasteiger partial charge in [0.1, 0.15) is 25.3 Å². The zero-order valence-corrected chi connectivity index (χ0v) is 27.9. The van der Waals surface area contributed by atoms with Crippen molar-refractivity contribution >= 4 is 52.6 Å². The highest BCUT2D eigenvalue weighted by Crippen LogP contribution is 2.01. The number of ether oxygens (including phenoxy) is 4. The Morgan fingerprint density at radius 1 is 0.633 bits per heavy atom. The molecule has 0 aromatic carbocycles. The molecule has 22 heteroatoms. The Bertz CT molecular complexity index is 1070. The van der Waals surface area contributed by atoms with Gasteiger partial charge in [-0.05, 0) is 25.8 Å². The minimum Gasteiger partial charge on any atom is -0.480 e. The summed E-state index contributed by atoms with van der Waals surface area (Å²) in [5.74, 6) is -5.59. The fourth-order valence-corrected chi connectivity index (χ4v) is 3.91. The molecule has 0 saturated carbocycles. The lowest BCUT2D eigenvalue weighted by molar-refractivity contribution is -0.144. The number of carboxylic acid groups (broad SMARTS) is 2. The van der Waals surface area contributed by atoms with Crippen LogP contribution in [0.3, 0.4) is 0 Å². The van der Waals surface area contributed by atoms with E-state index in [1.165, 1.54) is 0 Å². The van der Waals surface area contributed by atoms with Gasteiger partial charge in [-0.15, -0.1) is 0 Å². The van der Waals surface area contributed by atoms with Crippen LogP contribution in [-0.4, -0.2) is 157 Å². The average Bonchev–Trinajstić information content (AvgIpc) is 3.03. The number of carboxylic acids is 2. The molecule has 0 spiro atoms. The zero-order chi connectivity index (χ0) is 36.9. The van der Waals surface area contributed by atoms with E-state index in [9.17, 15) is 48.0 Å². The molecule has 0 bridgehead atoms. The van der Waals surface area contributed by atoms with Gasteiger partial charge >= 0.3 is 11.9 Å². The quantitative estimate of drug-likeness (QED) is 0.0234. The first-order valence-electron chi connectivity index (χ1n) is 15.3. The van der Waals surface area contributed by atoms with E-state index >= 15 is 0 Å². The van der Waals surface area contributed by atoms with Crippen LogP contribution < -0.4 is 32.3 Å². The molecule has 0 aliphatic heterocycles. The zero-order valence-electron chi connectivity index (χ0n) is 27.1. The van der Waals surface area contributed by atoms with Crippen LogP contribution in [0.25, 0.3) is 0 Å². The van der Waals surface area contributed by atoms with E-state index in [2.05, 4.69) is 26.6 Å². The molecule has 1 unspecified atom stereocenters. The molecular weight excluding hydrogens is 680 g/mol. The maximum Gasteiger partial charge on any atom is 0.326 e. The van der Waals surface area contributed by atoms with E-state index in [0.29, 0.717) is 6.54 Å². The Labute approximate surface area is 285 Å². The molecule has 282 valence electrons. The Kier molecular flexibility index (Phi) is 26.9. The van der Waals surface area contributed by atoms with Gasteiger partial charge in [-0.2, -0.15) is 0 Å². The Morgan fingerprint density at radius 2 is 1.18 bits per heavy atom. The highest BCUT2D eigenvalue weighted by Gasteiger charge is 2.24. The SMILES string of the molecule is NC(=O)CNC(=O)COCCOCCNCC[C@@H](NC(=O)CC[C@H](NC(=O)COCCOCCNC(=O)CCCS(=O)O)C(=O)O)C(=O)O. The molecular formula is C27H48N6O15S. The summed E-state index contributed by atoms with van der Waals surface area (Å²) in [6.07, 6.45) is -0.264. The van der Waals surface area contributed by atoms with Crippen molar-refractivity contribution in [3.63, 3.8) is 0 Å². The number of rotatable bonds is 32. The van der Waals surface area contributed by atoms with Gasteiger partial charge in [0.2, 0.25) is 29.5 Å². The summed E-state index contributed by atoms with van der Waals surface area (Å²) < 4.78 is 39.9. The molecule has 0 heterocycles. The van der Waals surface area contributed by atoms with Crippen LogP contribution in [0.15, 0.2) is 0 Å². The topological polar surface area (TPSA) is 320 Å². The van der Waals surface area contributed by atoms with Gasteiger partial charge < -0.3 is 66.0 Å². The fourth-order valence-electron chi connectivity index (χ4n) is 3.52. The first kappa shape index (κ1) is 45.2. The highest BCUT2D eigenvalue weighted by atomic mass is 32.2. The predicted molar refractivity (Wildman–Crippen MR) is 169 cm³/mol. The summed E-state index contributed by atoms with van der Waals surface area (Å²) in [5.41, 5.74) is 4.91. The lowest BCUT2D eigenvalue weighted by atomic mass is 10.1. The summed E-state index contributed by atoms with van der Waals surface area (Å²) in [6.45, 7) is 0.566. The summed E-state index contributed by atoms with van der Waals surface area (Å²) in [7, 11) is 0. The molecule has 0 aliphatic carbocycles. The molecule has 49 heavy (non-hydrogen) atoms. The van der Waals surface area contributed by atoms with Crippen LogP contribution >= 0.6 is 0 Å². The van der Waals surface area contributed by atoms with E-state index in [0.717, 1.165) is 0 Å². The maximum absolute atomic E-state index is 12.3. The Morgan fingerprint density at radius 3 is 1.78 bits per heavy atom. The van der Waals surface area contributed by atoms with Crippen LogP contribution in [0.1, 0.15) is 32.1 Å². The van der Waals surface area contributed by atoms with Crippen LogP contribution in [0, 0.1) is 0 Å². The third kappa shape index (κ3) is 28.9. The van der Waals surface area contributed by atoms with Crippen LogP contribution in [0.4, 0.5) is 0 Å². The second kappa shape index (κ2) is 29.1. The van der Waals surface area contributed by atoms with E-state index in [1.807, 2.05) is 0 Å². The largest absolute Gasteiger partial charge is 0.480 e. The number of aliphatic carboxylic acids is 2. The summed E-state index contributed by atoms with van der Waals surface area (Å²) >= 11 is -1.94. The van der Waals surface area contributed by atoms with Crippen molar-refractivity contribution in [3.8, 4) is 0 Å². The fraction of sp³-hybridized carbons (Fsp3) is 0.741. The van der Waals surface area contributed by atoms with E-state index in [1.54, 1.807) is 0 Å². The molecule has 21 nitrogen and oxygen atoms in total. The number of hydrogen-bond donors (Lipinski definition) is 9. The third-order valence-electron chi connectivity index (χ3n) is 5.92. The van der Waals surface area contributed by atoms with E-state index in [4.69, 9.17) is 29.2 Å². The predicted octanol–water partition coefficient (Wildman–Crippen LogP) is -4.33. The molecule has 0 radical (unpaired) electrons. The summed E-state index contributed by atoms with van der Waals surface area (Å²) in [6, 6.07) is -2.67. The molecule has 0 rings (SSSR count). The van der Waals surface area contributed by atoms with Gasteiger partial charge in [0.15, 0.2) is 11.1 Å². The molecule has 5 amide bonds. The number of nitrogens with one attached hydrogen (secondary N) is 5. The summed E-state index contributed by atoms with van der Waals surface area (Å²) in [5, 5.41) is 31.2. The monoisotopic (exact) mass is 728 g/mol. The molecule has 0 aromatic rings. The molecule has 0 aliphatic rings. The lowest BCUT2D eigenvalue weighted by Gasteiger charge is -2.17. The van der Waals surface area contributed by atoms with Crippen molar-refractivity contribution in [3.05, 3.63) is 0 Å². The van der Waals surface area contributed by atoms with Crippen molar-refractivity contribution in [2.75, 3.05) is 84.8 Å². The van der Waals surface area contributed by atoms with E-state index in [-0.39, 0.29) is 110 Å². The van der Waals surface area contributed by atoms with Gasteiger partial charge in [-0.1, -0.05) is 0 Å². The standard InChI is InChI=1S/C27H48N6O15S/c28-21(34)16-31-24(37)17-47-13-11-45-9-7-29-6-5-20(27(41)42)32-23(36)4-3-19(26(39)40)33-25(38)18-48-14-12-46-10-8-30-22(35)2-1-15-49(43)44/h19-20,29H,1-18H2,(H2,28,34)(H,30,35)(H,31,37)(H,32,36)(H,33,38)(H,39,40)(H,41,42)(H,43,44)/t19-,20+/m0/s1. The first-order chi connectivity index (χ1) is 23.3. The van der Waals surface area contributed by atoms with Crippen molar-refractivity contribution in [1.82, 2.24) is 26.6 Å². The van der Waals surface area contributed by atoms with Crippen LogP contribution in [0.5, 0.6) is 0 Å². The van der Waals surface area contributed by atoms with Gasteiger partial charge in [-0.25, -0.2) is 13.8 Å². The van der Waals surface area contributed by atoms with Crippen molar-refractivity contribution < 1.29 is 71.5 Å². The van der Waals surface area contributed by atoms with Crippen molar-refractivity contribution in [2.45, 2.75) is 44.2 Å². The molecule has 0 aromatic heterocycles. The van der Waals surface area contributed by atoms with Crippen LogP contribution in [0.2, 0.25) is 0 Å².